The van der Waals surface area contributed by atoms with E-state index >= 15 is 0 Å². The highest BCUT2D eigenvalue weighted by molar-refractivity contribution is 5.80. The van der Waals surface area contributed by atoms with Gasteiger partial charge < -0.3 is 5.32 Å². The fourth-order valence-corrected chi connectivity index (χ4v) is 3.59. The molecule has 1 spiro atoms. The van der Waals surface area contributed by atoms with E-state index in [0.29, 0.717) is 5.92 Å². The van der Waals surface area contributed by atoms with Crippen LogP contribution in [0.4, 0.5) is 0 Å². The molecule has 1 saturated heterocycles. The van der Waals surface area contributed by atoms with E-state index in [2.05, 4.69) is 26.1 Å². The highest BCUT2D eigenvalue weighted by Gasteiger charge is 2.51. The monoisotopic (exact) mass is 209 g/mol. The SMILES string of the molecule is CC(C)(C)C1CC(=O)NC12CCCCC2. The molecule has 2 heteroatoms. The Morgan fingerprint density at radius 2 is 1.80 bits per heavy atom. The standard InChI is InChI=1S/C13H23NO/c1-12(2,3)10-9-11(15)14-13(10)7-5-4-6-8-13/h10H,4-9H2,1-3H3,(H,14,15). The molecule has 2 fully saturated rings. The molecule has 2 nitrogen and oxygen atoms in total. The number of carbonyl (C=O) groups excluding carboxylic acids is 1. The fourth-order valence-electron chi connectivity index (χ4n) is 3.59. The lowest BCUT2D eigenvalue weighted by molar-refractivity contribution is -0.120. The number of nitrogens with one attached hydrogen (secondary N) is 1. The minimum absolute atomic E-state index is 0.146. The third-order valence-corrected chi connectivity index (χ3v) is 4.24. The van der Waals surface area contributed by atoms with Crippen LogP contribution in [0.2, 0.25) is 0 Å². The van der Waals surface area contributed by atoms with Crippen LogP contribution in [0.25, 0.3) is 0 Å². The van der Waals surface area contributed by atoms with E-state index in [1.807, 2.05) is 0 Å². The molecule has 1 N–H and O–H groups in total. The molecule has 1 atom stereocenters. The fraction of sp³-hybridized carbons (Fsp3) is 0.923. The average molecular weight is 209 g/mol. The molecule has 15 heavy (non-hydrogen) atoms. The summed E-state index contributed by atoms with van der Waals surface area (Å²) >= 11 is 0. The van der Waals surface area contributed by atoms with Crippen LogP contribution in [0, 0.1) is 11.3 Å². The summed E-state index contributed by atoms with van der Waals surface area (Å²) in [7, 11) is 0. The minimum atomic E-state index is 0.146. The van der Waals surface area contributed by atoms with E-state index in [0.717, 1.165) is 6.42 Å². The first-order valence-electron chi connectivity index (χ1n) is 6.25. The Morgan fingerprint density at radius 3 is 2.33 bits per heavy atom. The Labute approximate surface area is 92.8 Å². The molecule has 1 saturated carbocycles. The van der Waals surface area contributed by atoms with Gasteiger partial charge in [-0.3, -0.25) is 4.79 Å². The van der Waals surface area contributed by atoms with Gasteiger partial charge in [-0.05, 0) is 24.2 Å². The summed E-state index contributed by atoms with van der Waals surface area (Å²) in [5.74, 6) is 0.801. The first-order chi connectivity index (χ1) is 6.94. The molecule has 2 aliphatic rings. The second kappa shape index (κ2) is 3.50. The third kappa shape index (κ3) is 1.91. The highest BCUT2D eigenvalue weighted by atomic mass is 16.2. The zero-order chi connectivity index (χ0) is 11.1. The van der Waals surface area contributed by atoms with E-state index in [1.165, 1.54) is 32.1 Å². The molecule has 0 radical (unpaired) electrons. The molecule has 1 unspecified atom stereocenters. The van der Waals surface area contributed by atoms with Crippen molar-refractivity contribution in [2.75, 3.05) is 0 Å². The van der Waals surface area contributed by atoms with Crippen LogP contribution in [0.3, 0.4) is 0 Å². The quantitative estimate of drug-likeness (QED) is 0.653. The first-order valence-corrected chi connectivity index (χ1v) is 6.25. The van der Waals surface area contributed by atoms with Crippen LogP contribution in [-0.4, -0.2) is 11.4 Å². The van der Waals surface area contributed by atoms with Gasteiger partial charge in [-0.25, -0.2) is 0 Å². The van der Waals surface area contributed by atoms with Crippen LogP contribution in [0.1, 0.15) is 59.3 Å². The van der Waals surface area contributed by atoms with Crippen molar-refractivity contribution < 1.29 is 4.79 Å². The number of hydrogen-bond acceptors (Lipinski definition) is 1. The molecule has 0 aromatic heterocycles. The Hall–Kier alpha value is -0.530. The van der Waals surface area contributed by atoms with E-state index in [1.54, 1.807) is 0 Å². The predicted molar refractivity (Wildman–Crippen MR) is 61.5 cm³/mol. The topological polar surface area (TPSA) is 29.1 Å². The number of amides is 1. The van der Waals surface area contributed by atoms with Crippen molar-refractivity contribution >= 4 is 5.91 Å². The van der Waals surface area contributed by atoms with Crippen LogP contribution >= 0.6 is 0 Å². The molecule has 86 valence electrons. The van der Waals surface area contributed by atoms with Crippen LogP contribution in [0.15, 0.2) is 0 Å². The molecule has 0 bridgehead atoms. The van der Waals surface area contributed by atoms with Crippen molar-refractivity contribution in [1.82, 2.24) is 5.32 Å². The van der Waals surface area contributed by atoms with E-state index in [9.17, 15) is 4.79 Å². The largest absolute Gasteiger partial charge is 0.350 e. The second-order valence-corrected chi connectivity index (χ2v) is 6.39. The van der Waals surface area contributed by atoms with Crippen molar-refractivity contribution in [3.05, 3.63) is 0 Å². The van der Waals surface area contributed by atoms with Crippen LogP contribution in [0.5, 0.6) is 0 Å². The van der Waals surface area contributed by atoms with Gasteiger partial charge in [-0.2, -0.15) is 0 Å². The summed E-state index contributed by atoms with van der Waals surface area (Å²) in [6.07, 6.45) is 7.04. The molecule has 2 rings (SSSR count). The summed E-state index contributed by atoms with van der Waals surface area (Å²) in [6, 6.07) is 0. The van der Waals surface area contributed by atoms with Crippen LogP contribution < -0.4 is 5.32 Å². The first kappa shape index (κ1) is 11.0. The van der Waals surface area contributed by atoms with Gasteiger partial charge in [-0.1, -0.05) is 40.0 Å². The zero-order valence-electron chi connectivity index (χ0n) is 10.2. The molecule has 1 amide bonds. The van der Waals surface area contributed by atoms with Gasteiger partial charge in [0.25, 0.3) is 0 Å². The summed E-state index contributed by atoms with van der Waals surface area (Å²) < 4.78 is 0. The van der Waals surface area contributed by atoms with E-state index in [-0.39, 0.29) is 16.9 Å². The minimum Gasteiger partial charge on any atom is -0.350 e. The molecule has 0 aromatic rings. The Kier molecular flexibility index (Phi) is 2.56. The van der Waals surface area contributed by atoms with Gasteiger partial charge >= 0.3 is 0 Å². The average Bonchev–Trinajstić information content (AvgIpc) is 2.43. The molecule has 1 aliphatic carbocycles. The van der Waals surface area contributed by atoms with E-state index in [4.69, 9.17) is 0 Å². The third-order valence-electron chi connectivity index (χ3n) is 4.24. The van der Waals surface area contributed by atoms with Crippen molar-refractivity contribution in [3.8, 4) is 0 Å². The van der Waals surface area contributed by atoms with Gasteiger partial charge in [0.2, 0.25) is 5.91 Å². The van der Waals surface area contributed by atoms with Gasteiger partial charge in [0.05, 0.1) is 0 Å². The number of rotatable bonds is 0. The van der Waals surface area contributed by atoms with Gasteiger partial charge in [0, 0.05) is 12.0 Å². The number of carbonyl (C=O) groups is 1. The summed E-state index contributed by atoms with van der Waals surface area (Å²) in [4.78, 5) is 11.7. The second-order valence-electron chi connectivity index (χ2n) is 6.39. The number of hydrogen-bond donors (Lipinski definition) is 1. The van der Waals surface area contributed by atoms with Crippen molar-refractivity contribution in [2.45, 2.75) is 64.8 Å². The maximum atomic E-state index is 11.7. The highest BCUT2D eigenvalue weighted by Crippen LogP contribution is 2.47. The molecule has 0 aromatic carbocycles. The lowest BCUT2D eigenvalue weighted by atomic mass is 9.64. The van der Waals surface area contributed by atoms with E-state index < -0.39 is 0 Å². The molecule has 1 aliphatic heterocycles. The summed E-state index contributed by atoms with van der Waals surface area (Å²) in [6.45, 7) is 6.82. The molecule has 1 heterocycles. The van der Waals surface area contributed by atoms with Gasteiger partial charge in [-0.15, -0.1) is 0 Å². The normalized spacial score (nSPS) is 30.6. The summed E-state index contributed by atoms with van der Waals surface area (Å²) in [5.41, 5.74) is 0.393. The Balaban J connectivity index is 2.24. The lowest BCUT2D eigenvalue weighted by Crippen LogP contribution is -2.50. The zero-order valence-corrected chi connectivity index (χ0v) is 10.2. The Bertz CT molecular complexity index is 258. The maximum absolute atomic E-state index is 11.7. The Morgan fingerprint density at radius 1 is 1.20 bits per heavy atom. The molecular weight excluding hydrogens is 186 g/mol. The van der Waals surface area contributed by atoms with Crippen molar-refractivity contribution in [2.24, 2.45) is 11.3 Å². The smallest absolute Gasteiger partial charge is 0.220 e. The van der Waals surface area contributed by atoms with Crippen molar-refractivity contribution in [1.29, 1.82) is 0 Å². The van der Waals surface area contributed by atoms with Crippen molar-refractivity contribution in [3.63, 3.8) is 0 Å². The van der Waals surface area contributed by atoms with Gasteiger partial charge in [0.1, 0.15) is 0 Å². The van der Waals surface area contributed by atoms with Gasteiger partial charge in [0.15, 0.2) is 0 Å². The van der Waals surface area contributed by atoms with Crippen LogP contribution in [-0.2, 0) is 4.79 Å². The molecular formula is C13H23NO. The predicted octanol–water partition coefficient (Wildman–Crippen LogP) is 2.87. The maximum Gasteiger partial charge on any atom is 0.220 e. The lowest BCUT2D eigenvalue weighted by Gasteiger charge is -2.44. The summed E-state index contributed by atoms with van der Waals surface area (Å²) in [5, 5.41) is 3.29.